The second-order valence-corrected chi connectivity index (χ2v) is 9.79. The first-order valence-corrected chi connectivity index (χ1v) is 11.8. The van der Waals surface area contributed by atoms with E-state index in [1.807, 2.05) is 4.90 Å². The number of benzene rings is 2. The van der Waals surface area contributed by atoms with E-state index in [9.17, 15) is 17.6 Å². The Hall–Kier alpha value is -2.49. The largest absolute Gasteiger partial charge is 0.497 e. The summed E-state index contributed by atoms with van der Waals surface area (Å²) < 4.78 is 45.9. The van der Waals surface area contributed by atoms with E-state index in [1.54, 1.807) is 24.3 Å². The first-order valence-electron chi connectivity index (χ1n) is 10.3. The van der Waals surface area contributed by atoms with Crippen molar-refractivity contribution < 1.29 is 22.3 Å². The number of sulfonamides is 1. The molecular weight excluding hydrogens is 421 g/mol. The molecule has 0 spiro atoms. The molecule has 2 fully saturated rings. The molecule has 2 aromatic rings. The number of ether oxygens (including phenoxy) is 1. The predicted octanol–water partition coefficient (Wildman–Crippen LogP) is 2.16. The molecule has 1 heterocycles. The minimum Gasteiger partial charge on any atom is -0.497 e. The lowest BCUT2D eigenvalue weighted by molar-refractivity contribution is -0.127. The molecule has 2 aromatic carbocycles. The van der Waals surface area contributed by atoms with Gasteiger partial charge in [-0.25, -0.2) is 12.8 Å². The smallest absolute Gasteiger partial charge is 0.243 e. The molecule has 1 saturated heterocycles. The minimum atomic E-state index is -3.63. The summed E-state index contributed by atoms with van der Waals surface area (Å²) in [6, 6.07) is 11.9. The summed E-state index contributed by atoms with van der Waals surface area (Å²) in [5.41, 5.74) is 0.700. The Morgan fingerprint density at radius 1 is 1.03 bits per heavy atom. The van der Waals surface area contributed by atoms with E-state index in [-0.39, 0.29) is 35.8 Å². The Bertz CT molecular complexity index is 1020. The number of hydrogen-bond acceptors (Lipinski definition) is 5. The number of piperazine rings is 1. The Kier molecular flexibility index (Phi) is 6.27. The number of amides is 1. The van der Waals surface area contributed by atoms with Crippen molar-refractivity contribution >= 4 is 15.9 Å². The van der Waals surface area contributed by atoms with Crippen LogP contribution in [0.3, 0.4) is 0 Å². The first-order chi connectivity index (χ1) is 14.9. The highest BCUT2D eigenvalue weighted by Gasteiger charge is 2.36. The molecule has 1 N–H and O–H groups in total. The van der Waals surface area contributed by atoms with Gasteiger partial charge in [-0.15, -0.1) is 0 Å². The van der Waals surface area contributed by atoms with Gasteiger partial charge >= 0.3 is 0 Å². The van der Waals surface area contributed by atoms with E-state index in [4.69, 9.17) is 4.74 Å². The van der Waals surface area contributed by atoms with E-state index in [0.29, 0.717) is 24.4 Å². The molecule has 0 aromatic heterocycles. The number of nitrogens with one attached hydrogen (secondary N) is 1. The van der Waals surface area contributed by atoms with Crippen molar-refractivity contribution in [3.05, 3.63) is 59.9 Å². The van der Waals surface area contributed by atoms with Crippen LogP contribution in [0.15, 0.2) is 53.4 Å². The molecule has 0 unspecified atom stereocenters. The van der Waals surface area contributed by atoms with Gasteiger partial charge in [0.25, 0.3) is 0 Å². The predicted molar refractivity (Wildman–Crippen MR) is 114 cm³/mol. The molecule has 1 aliphatic carbocycles. The number of methoxy groups -OCH3 is 1. The molecule has 31 heavy (non-hydrogen) atoms. The lowest BCUT2D eigenvalue weighted by Gasteiger charge is -2.38. The molecule has 7 nitrogen and oxygen atoms in total. The minimum absolute atomic E-state index is 0.124. The van der Waals surface area contributed by atoms with Crippen LogP contribution in [0.4, 0.5) is 4.39 Å². The molecule has 2 aliphatic rings. The summed E-state index contributed by atoms with van der Waals surface area (Å²) in [4.78, 5) is 15.1. The Balaban J connectivity index is 1.48. The van der Waals surface area contributed by atoms with Crippen molar-refractivity contribution in [3.63, 3.8) is 0 Å². The maximum absolute atomic E-state index is 13.4. The van der Waals surface area contributed by atoms with Crippen molar-refractivity contribution in [2.45, 2.75) is 29.8 Å². The second kappa shape index (κ2) is 8.94. The summed E-state index contributed by atoms with van der Waals surface area (Å²) in [6.07, 6.45) is 1.94. The highest BCUT2D eigenvalue weighted by atomic mass is 32.2. The molecule has 0 bridgehead atoms. The number of carbonyl (C=O) groups excluding carboxylic acids is 1. The normalized spacial score (nSPS) is 19.0. The van der Waals surface area contributed by atoms with Crippen molar-refractivity contribution in [3.8, 4) is 5.75 Å². The maximum atomic E-state index is 13.4. The Morgan fingerprint density at radius 2 is 1.65 bits per heavy atom. The zero-order valence-corrected chi connectivity index (χ0v) is 18.1. The highest BCUT2D eigenvalue weighted by Crippen LogP contribution is 2.28. The summed E-state index contributed by atoms with van der Waals surface area (Å²) in [5.74, 6) is 0.105. The molecule has 1 aliphatic heterocycles. The monoisotopic (exact) mass is 447 g/mol. The number of nitrogens with zero attached hydrogens (tertiary/aromatic N) is 2. The first kappa shape index (κ1) is 21.7. The van der Waals surface area contributed by atoms with Crippen molar-refractivity contribution in [1.29, 1.82) is 0 Å². The second-order valence-electron chi connectivity index (χ2n) is 7.85. The van der Waals surface area contributed by atoms with E-state index in [0.717, 1.165) is 12.8 Å². The molecule has 4 rings (SSSR count). The maximum Gasteiger partial charge on any atom is 0.243 e. The number of rotatable bonds is 7. The SMILES string of the molecule is COc1ccc(S(=O)(=O)N2CCN([C@@H](C(=O)NC3CC3)c3ccc(F)cc3)CC2)cc1. The number of hydrogen-bond donors (Lipinski definition) is 1. The average Bonchev–Trinajstić information content (AvgIpc) is 3.59. The van der Waals surface area contributed by atoms with Gasteiger partial charge in [0.15, 0.2) is 0 Å². The van der Waals surface area contributed by atoms with Gasteiger partial charge < -0.3 is 10.1 Å². The van der Waals surface area contributed by atoms with Gasteiger partial charge in [-0.05, 0) is 54.8 Å². The fraction of sp³-hybridized carbons (Fsp3) is 0.409. The topological polar surface area (TPSA) is 79.0 Å². The molecule has 1 saturated carbocycles. The van der Waals surface area contributed by atoms with Gasteiger partial charge in [0.2, 0.25) is 15.9 Å². The Labute approximate surface area is 181 Å². The van der Waals surface area contributed by atoms with Crippen LogP contribution in [0.25, 0.3) is 0 Å². The lowest BCUT2D eigenvalue weighted by atomic mass is 10.0. The van der Waals surface area contributed by atoms with Crippen molar-refractivity contribution in [2.75, 3.05) is 33.3 Å². The summed E-state index contributed by atoms with van der Waals surface area (Å²) in [7, 11) is -2.11. The quantitative estimate of drug-likeness (QED) is 0.704. The standard InChI is InChI=1S/C22H26FN3O4S/c1-30-19-8-10-20(11-9-19)31(28,29)26-14-12-25(13-15-26)21(22(27)24-18-6-7-18)16-2-4-17(23)5-3-16/h2-5,8-11,18,21H,6-7,12-15H2,1H3,(H,24,27)/t21-/m1/s1. The van der Waals surface area contributed by atoms with Crippen LogP contribution in [-0.2, 0) is 14.8 Å². The number of carbonyl (C=O) groups is 1. The summed E-state index contributed by atoms with van der Waals surface area (Å²) >= 11 is 0. The van der Waals surface area contributed by atoms with Crippen LogP contribution in [0.1, 0.15) is 24.4 Å². The highest BCUT2D eigenvalue weighted by molar-refractivity contribution is 7.89. The Morgan fingerprint density at radius 3 is 2.19 bits per heavy atom. The van der Waals surface area contributed by atoms with Gasteiger partial charge in [-0.1, -0.05) is 12.1 Å². The van der Waals surface area contributed by atoms with Gasteiger partial charge in [0.1, 0.15) is 17.6 Å². The van der Waals surface area contributed by atoms with Crippen molar-refractivity contribution in [2.24, 2.45) is 0 Å². The molecule has 166 valence electrons. The van der Waals surface area contributed by atoms with E-state index in [1.165, 1.54) is 35.7 Å². The summed E-state index contributed by atoms with van der Waals surface area (Å²) in [6.45, 7) is 1.33. The van der Waals surface area contributed by atoms with Crippen molar-refractivity contribution in [1.82, 2.24) is 14.5 Å². The van der Waals surface area contributed by atoms with Crippen LogP contribution in [0.5, 0.6) is 5.75 Å². The molecule has 1 atom stereocenters. The van der Waals surface area contributed by atoms with E-state index >= 15 is 0 Å². The van der Waals surface area contributed by atoms with Crippen LogP contribution in [0, 0.1) is 5.82 Å². The third-order valence-corrected chi connectivity index (χ3v) is 7.61. The molecular formula is C22H26FN3O4S. The van der Waals surface area contributed by atoms with Crippen LogP contribution in [-0.4, -0.2) is 62.9 Å². The van der Waals surface area contributed by atoms with Crippen LogP contribution >= 0.6 is 0 Å². The van der Waals surface area contributed by atoms with Crippen LogP contribution in [0.2, 0.25) is 0 Å². The van der Waals surface area contributed by atoms with Gasteiger partial charge in [0.05, 0.1) is 12.0 Å². The lowest BCUT2D eigenvalue weighted by Crippen LogP contribution is -2.52. The molecule has 0 radical (unpaired) electrons. The zero-order valence-electron chi connectivity index (χ0n) is 17.3. The van der Waals surface area contributed by atoms with E-state index < -0.39 is 16.1 Å². The van der Waals surface area contributed by atoms with Gasteiger partial charge in [-0.2, -0.15) is 4.31 Å². The van der Waals surface area contributed by atoms with Gasteiger partial charge in [-0.3, -0.25) is 9.69 Å². The average molecular weight is 448 g/mol. The zero-order chi connectivity index (χ0) is 22.0. The third kappa shape index (κ3) is 4.89. The number of halogens is 1. The third-order valence-electron chi connectivity index (χ3n) is 5.69. The van der Waals surface area contributed by atoms with Gasteiger partial charge in [0, 0.05) is 32.2 Å². The summed E-state index contributed by atoms with van der Waals surface area (Å²) in [5, 5.41) is 3.02. The van der Waals surface area contributed by atoms with E-state index in [2.05, 4.69) is 5.32 Å². The molecule has 1 amide bonds. The van der Waals surface area contributed by atoms with Crippen LogP contribution < -0.4 is 10.1 Å². The molecule has 9 heteroatoms. The fourth-order valence-corrected chi connectivity index (χ4v) is 5.20. The fourth-order valence-electron chi connectivity index (χ4n) is 3.78.